The van der Waals surface area contributed by atoms with Crippen molar-refractivity contribution in [3.8, 4) is 0 Å². The SMILES string of the molecule is O=C(CO)c1ccc(Cn2ccc(C3(c4ccncc4)CCCO3)cc2=O)cc1. The van der Waals surface area contributed by atoms with Crippen molar-refractivity contribution in [3.05, 3.63) is 99.7 Å². The first-order valence-electron chi connectivity index (χ1n) is 9.61. The summed E-state index contributed by atoms with van der Waals surface area (Å²) in [6.07, 6.45) is 7.02. The molecule has 29 heavy (non-hydrogen) atoms. The first-order valence-corrected chi connectivity index (χ1v) is 9.61. The molecule has 1 aromatic carbocycles. The Bertz CT molecular complexity index is 1050. The number of aliphatic hydroxyl groups is 1. The Labute approximate surface area is 168 Å². The summed E-state index contributed by atoms with van der Waals surface area (Å²) in [5.74, 6) is -0.323. The Hall–Kier alpha value is -3.09. The lowest BCUT2D eigenvalue weighted by Crippen LogP contribution is -2.30. The molecule has 1 fully saturated rings. The third-order valence-electron chi connectivity index (χ3n) is 5.40. The molecule has 1 saturated heterocycles. The number of ether oxygens (including phenoxy) is 1. The van der Waals surface area contributed by atoms with Gasteiger partial charge in [-0.3, -0.25) is 14.6 Å². The minimum Gasteiger partial charge on any atom is -0.388 e. The van der Waals surface area contributed by atoms with Gasteiger partial charge in [0.15, 0.2) is 5.78 Å². The molecule has 3 aromatic rings. The van der Waals surface area contributed by atoms with Crippen LogP contribution in [-0.4, -0.2) is 33.7 Å². The molecule has 148 valence electrons. The number of aromatic nitrogens is 2. The van der Waals surface area contributed by atoms with Crippen molar-refractivity contribution in [1.29, 1.82) is 0 Å². The summed E-state index contributed by atoms with van der Waals surface area (Å²) >= 11 is 0. The van der Waals surface area contributed by atoms with Crippen molar-refractivity contribution in [3.63, 3.8) is 0 Å². The van der Waals surface area contributed by atoms with E-state index in [0.717, 1.165) is 29.5 Å². The second-order valence-electron chi connectivity index (χ2n) is 7.17. The van der Waals surface area contributed by atoms with Crippen LogP contribution in [0.4, 0.5) is 0 Å². The highest BCUT2D eigenvalue weighted by atomic mass is 16.5. The van der Waals surface area contributed by atoms with Gasteiger partial charge in [-0.15, -0.1) is 0 Å². The van der Waals surface area contributed by atoms with Crippen molar-refractivity contribution in [2.24, 2.45) is 0 Å². The molecule has 0 aliphatic carbocycles. The maximum absolute atomic E-state index is 12.8. The first-order chi connectivity index (χ1) is 14.1. The number of benzene rings is 1. The summed E-state index contributed by atoms with van der Waals surface area (Å²) < 4.78 is 7.77. The maximum atomic E-state index is 12.8. The second-order valence-corrected chi connectivity index (χ2v) is 7.17. The highest BCUT2D eigenvalue weighted by molar-refractivity contribution is 5.96. The standard InChI is InChI=1S/C23H22N2O4/c26-16-21(27)18-4-2-17(3-5-18)15-25-12-8-20(14-22(25)28)23(9-1-13-29-23)19-6-10-24-11-7-19/h2-8,10-12,14,26H,1,9,13,15-16H2. The molecule has 2 aromatic heterocycles. The van der Waals surface area contributed by atoms with E-state index < -0.39 is 12.2 Å². The van der Waals surface area contributed by atoms with E-state index in [1.807, 2.05) is 18.2 Å². The summed E-state index contributed by atoms with van der Waals surface area (Å²) in [5.41, 5.74) is 2.50. The average Bonchev–Trinajstić information content (AvgIpc) is 3.27. The van der Waals surface area contributed by atoms with Gasteiger partial charge in [0, 0.05) is 36.8 Å². The summed E-state index contributed by atoms with van der Waals surface area (Å²) in [4.78, 5) is 28.4. The Morgan fingerprint density at radius 2 is 1.86 bits per heavy atom. The van der Waals surface area contributed by atoms with Gasteiger partial charge in [0.05, 0.1) is 6.54 Å². The fraction of sp³-hybridized carbons (Fsp3) is 0.261. The Morgan fingerprint density at radius 1 is 1.10 bits per heavy atom. The minimum atomic E-state index is -0.604. The number of hydrogen-bond donors (Lipinski definition) is 1. The Balaban J connectivity index is 1.61. The topological polar surface area (TPSA) is 81.4 Å². The van der Waals surface area contributed by atoms with E-state index in [9.17, 15) is 9.59 Å². The van der Waals surface area contributed by atoms with Crippen LogP contribution < -0.4 is 5.56 Å². The molecule has 1 atom stereocenters. The molecule has 6 nitrogen and oxygen atoms in total. The van der Waals surface area contributed by atoms with Gasteiger partial charge in [-0.25, -0.2) is 0 Å². The van der Waals surface area contributed by atoms with Crippen LogP contribution in [0.5, 0.6) is 0 Å². The number of carbonyl (C=O) groups excluding carboxylic acids is 1. The number of rotatable bonds is 6. The highest BCUT2D eigenvalue weighted by Gasteiger charge is 2.39. The molecule has 0 saturated carbocycles. The predicted octanol–water partition coefficient (Wildman–Crippen LogP) is 2.52. The van der Waals surface area contributed by atoms with E-state index in [2.05, 4.69) is 4.98 Å². The van der Waals surface area contributed by atoms with Crippen LogP contribution >= 0.6 is 0 Å². The zero-order chi connectivity index (χ0) is 20.3. The van der Waals surface area contributed by atoms with E-state index in [1.54, 1.807) is 53.5 Å². The van der Waals surface area contributed by atoms with Gasteiger partial charge in [0.25, 0.3) is 5.56 Å². The van der Waals surface area contributed by atoms with Crippen LogP contribution in [0, 0.1) is 0 Å². The van der Waals surface area contributed by atoms with Crippen molar-refractivity contribution < 1.29 is 14.6 Å². The number of carbonyl (C=O) groups is 1. The monoisotopic (exact) mass is 390 g/mol. The fourth-order valence-electron chi connectivity index (χ4n) is 3.86. The molecule has 1 unspecified atom stereocenters. The van der Waals surface area contributed by atoms with E-state index in [4.69, 9.17) is 9.84 Å². The van der Waals surface area contributed by atoms with Crippen molar-refractivity contribution in [1.82, 2.24) is 9.55 Å². The zero-order valence-corrected chi connectivity index (χ0v) is 16.0. The summed E-state index contributed by atoms with van der Waals surface area (Å²) in [6, 6.07) is 14.4. The predicted molar refractivity (Wildman–Crippen MR) is 108 cm³/mol. The molecule has 6 heteroatoms. The molecule has 1 aliphatic rings. The van der Waals surface area contributed by atoms with Crippen molar-refractivity contribution in [2.75, 3.05) is 13.2 Å². The van der Waals surface area contributed by atoms with Gasteiger partial charge >= 0.3 is 0 Å². The van der Waals surface area contributed by atoms with Crippen molar-refractivity contribution >= 4 is 5.78 Å². The molecule has 0 radical (unpaired) electrons. The van der Waals surface area contributed by atoms with Gasteiger partial charge in [-0.2, -0.15) is 0 Å². The smallest absolute Gasteiger partial charge is 0.251 e. The largest absolute Gasteiger partial charge is 0.388 e. The van der Waals surface area contributed by atoms with Crippen LogP contribution in [0.2, 0.25) is 0 Å². The summed E-state index contributed by atoms with van der Waals surface area (Å²) in [7, 11) is 0. The van der Waals surface area contributed by atoms with E-state index in [1.165, 1.54) is 0 Å². The summed E-state index contributed by atoms with van der Waals surface area (Å²) in [5, 5.41) is 8.94. The molecular formula is C23H22N2O4. The summed E-state index contributed by atoms with van der Waals surface area (Å²) in [6.45, 7) is 0.543. The van der Waals surface area contributed by atoms with Crippen LogP contribution in [-0.2, 0) is 16.9 Å². The van der Waals surface area contributed by atoms with Gasteiger partial charge in [-0.1, -0.05) is 24.3 Å². The molecule has 4 rings (SSSR count). The number of pyridine rings is 2. The fourth-order valence-corrected chi connectivity index (χ4v) is 3.86. The highest BCUT2D eigenvalue weighted by Crippen LogP contribution is 2.41. The zero-order valence-electron chi connectivity index (χ0n) is 16.0. The van der Waals surface area contributed by atoms with E-state index >= 15 is 0 Å². The average molecular weight is 390 g/mol. The number of nitrogens with zero attached hydrogens (tertiary/aromatic N) is 2. The van der Waals surface area contributed by atoms with Gasteiger partial charge in [0.1, 0.15) is 12.2 Å². The molecule has 1 aliphatic heterocycles. The lowest BCUT2D eigenvalue weighted by molar-refractivity contribution is 0.0357. The van der Waals surface area contributed by atoms with Gasteiger partial charge < -0.3 is 14.4 Å². The minimum absolute atomic E-state index is 0.109. The van der Waals surface area contributed by atoms with Crippen LogP contribution in [0.3, 0.4) is 0 Å². The molecule has 0 amide bonds. The molecule has 3 heterocycles. The lowest BCUT2D eigenvalue weighted by Gasteiger charge is -2.29. The van der Waals surface area contributed by atoms with Crippen molar-refractivity contribution in [2.45, 2.75) is 25.0 Å². The van der Waals surface area contributed by atoms with Crippen LogP contribution in [0.15, 0.2) is 71.9 Å². The molecule has 0 bridgehead atoms. The maximum Gasteiger partial charge on any atom is 0.251 e. The Morgan fingerprint density at radius 3 is 2.48 bits per heavy atom. The molecule has 1 N–H and O–H groups in total. The van der Waals surface area contributed by atoms with Crippen LogP contribution in [0.1, 0.15) is 39.9 Å². The van der Waals surface area contributed by atoms with E-state index in [0.29, 0.717) is 18.7 Å². The van der Waals surface area contributed by atoms with E-state index in [-0.39, 0.29) is 11.3 Å². The number of hydrogen-bond acceptors (Lipinski definition) is 5. The normalized spacial score (nSPS) is 18.7. The Kier molecular flexibility index (Phi) is 5.38. The van der Waals surface area contributed by atoms with Gasteiger partial charge in [-0.05, 0) is 47.7 Å². The lowest BCUT2D eigenvalue weighted by atomic mass is 9.85. The van der Waals surface area contributed by atoms with Crippen LogP contribution in [0.25, 0.3) is 0 Å². The third kappa shape index (κ3) is 3.77. The quantitative estimate of drug-likeness (QED) is 0.654. The number of ketones is 1. The second kappa shape index (κ2) is 8.11. The third-order valence-corrected chi connectivity index (χ3v) is 5.40. The van der Waals surface area contributed by atoms with Gasteiger partial charge in [0.2, 0.25) is 0 Å². The molecule has 0 spiro atoms. The first kappa shape index (κ1) is 19.2. The molecular weight excluding hydrogens is 368 g/mol. The number of Topliss-reactive ketones (excluding diaryl/α,β-unsaturated/α-hetero) is 1. The number of aliphatic hydroxyl groups excluding tert-OH is 1.